The summed E-state index contributed by atoms with van der Waals surface area (Å²) in [5, 5.41) is 0.776. The molecule has 0 bridgehead atoms. The molecule has 186 valence electrons. The van der Waals surface area contributed by atoms with E-state index in [4.69, 9.17) is 28.1 Å². The Morgan fingerprint density at radius 2 is 1.31 bits per heavy atom. The second-order valence-electron chi connectivity index (χ2n) is 7.97. The quantitative estimate of drug-likeness (QED) is 0.321. The third-order valence-corrected chi connectivity index (χ3v) is 5.85. The molecule has 0 aliphatic rings. The van der Waals surface area contributed by atoms with Crippen LogP contribution in [-0.4, -0.2) is 34.4 Å². The zero-order valence-corrected chi connectivity index (χ0v) is 20.9. The zero-order chi connectivity index (χ0) is 26.0. The van der Waals surface area contributed by atoms with Crippen molar-refractivity contribution in [3.05, 3.63) is 75.8 Å². The number of ether oxygens (including phenoxy) is 5. The van der Waals surface area contributed by atoms with Gasteiger partial charge in [-0.15, -0.1) is 0 Å². The Morgan fingerprint density at radius 3 is 1.86 bits per heavy atom. The summed E-state index contributed by atoms with van der Waals surface area (Å²) in [6, 6.07) is 13.4. The predicted molar refractivity (Wildman–Crippen MR) is 135 cm³/mol. The first-order chi connectivity index (χ1) is 17.3. The van der Waals surface area contributed by atoms with Crippen LogP contribution in [0.1, 0.15) is 21.9 Å². The predicted octanol–water partition coefficient (Wildman–Crippen LogP) is 5.33. The van der Waals surface area contributed by atoms with Crippen molar-refractivity contribution in [3.8, 4) is 39.9 Å². The largest absolute Gasteiger partial charge is 0.497 e. The van der Waals surface area contributed by atoms with Gasteiger partial charge in [0.15, 0.2) is 16.9 Å². The molecule has 0 atom stereocenters. The lowest BCUT2D eigenvalue weighted by molar-refractivity contribution is 0.0736. The van der Waals surface area contributed by atoms with Gasteiger partial charge in [-0.25, -0.2) is 4.79 Å². The van der Waals surface area contributed by atoms with E-state index in [1.165, 1.54) is 39.5 Å². The SMILES string of the molecule is COc1ccc(-c2cc(OC(=O)c3cc(OC)c(OC)c(OC)c3)c3c(C)oc(C)c3c(=O)c2)cc1. The van der Waals surface area contributed by atoms with Gasteiger partial charge < -0.3 is 28.1 Å². The Bertz CT molecular complexity index is 1470. The second-order valence-corrected chi connectivity index (χ2v) is 7.97. The van der Waals surface area contributed by atoms with Crippen molar-refractivity contribution in [2.24, 2.45) is 0 Å². The summed E-state index contributed by atoms with van der Waals surface area (Å²) in [6.07, 6.45) is 0. The van der Waals surface area contributed by atoms with Gasteiger partial charge in [0.05, 0.1) is 44.8 Å². The number of hydrogen-bond acceptors (Lipinski definition) is 8. The van der Waals surface area contributed by atoms with E-state index in [1.54, 1.807) is 39.2 Å². The first-order valence-corrected chi connectivity index (χ1v) is 11.1. The van der Waals surface area contributed by atoms with E-state index in [0.717, 1.165) is 5.56 Å². The van der Waals surface area contributed by atoms with E-state index in [2.05, 4.69) is 0 Å². The molecule has 0 radical (unpaired) electrons. The van der Waals surface area contributed by atoms with Crippen LogP contribution in [0.25, 0.3) is 21.9 Å². The molecule has 0 saturated carbocycles. The average molecular weight is 491 g/mol. The monoisotopic (exact) mass is 490 g/mol. The number of rotatable bonds is 7. The van der Waals surface area contributed by atoms with Crippen LogP contribution in [0.15, 0.2) is 57.7 Å². The normalized spacial score (nSPS) is 10.7. The number of hydrogen-bond donors (Lipinski definition) is 0. The maximum absolute atomic E-state index is 13.3. The summed E-state index contributed by atoms with van der Waals surface area (Å²) in [6.45, 7) is 3.42. The lowest BCUT2D eigenvalue weighted by Crippen LogP contribution is -2.10. The number of furan rings is 1. The Kier molecular flexibility index (Phi) is 6.87. The van der Waals surface area contributed by atoms with Gasteiger partial charge in [-0.05, 0) is 61.4 Å². The molecule has 3 aromatic carbocycles. The Balaban J connectivity index is 1.89. The van der Waals surface area contributed by atoms with Crippen LogP contribution >= 0.6 is 0 Å². The third kappa shape index (κ3) is 4.45. The van der Waals surface area contributed by atoms with E-state index >= 15 is 0 Å². The number of fused-ring (bicyclic) bond motifs is 1. The van der Waals surface area contributed by atoms with Gasteiger partial charge in [-0.3, -0.25) is 4.79 Å². The molecule has 4 aromatic rings. The smallest absolute Gasteiger partial charge is 0.343 e. The Hall–Kier alpha value is -4.46. The van der Waals surface area contributed by atoms with Crippen molar-refractivity contribution in [2.75, 3.05) is 28.4 Å². The topological polar surface area (TPSA) is 93.4 Å². The molecular weight excluding hydrogens is 464 g/mol. The van der Waals surface area contributed by atoms with Crippen LogP contribution in [0.3, 0.4) is 0 Å². The number of benzene rings is 2. The molecule has 36 heavy (non-hydrogen) atoms. The summed E-state index contributed by atoms with van der Waals surface area (Å²) in [5.41, 5.74) is 1.25. The van der Waals surface area contributed by atoms with Gasteiger partial charge in [0.1, 0.15) is 23.0 Å². The number of aryl methyl sites for hydroxylation is 2. The Labute approximate surface area is 207 Å². The van der Waals surface area contributed by atoms with E-state index in [1.807, 2.05) is 12.1 Å². The van der Waals surface area contributed by atoms with Gasteiger partial charge in [0.2, 0.25) is 5.75 Å². The molecule has 0 aliphatic carbocycles. The molecule has 0 saturated heterocycles. The fraction of sp³-hybridized carbons (Fsp3) is 0.214. The van der Waals surface area contributed by atoms with E-state index < -0.39 is 5.97 Å². The zero-order valence-electron chi connectivity index (χ0n) is 20.9. The number of carbonyl (C=O) groups is 1. The van der Waals surface area contributed by atoms with Crippen molar-refractivity contribution >= 4 is 16.7 Å². The molecule has 4 rings (SSSR count). The highest BCUT2D eigenvalue weighted by atomic mass is 16.5. The van der Waals surface area contributed by atoms with Crippen molar-refractivity contribution in [1.29, 1.82) is 0 Å². The number of methoxy groups -OCH3 is 4. The molecular formula is C28H26O8. The second kappa shape index (κ2) is 10.0. The highest BCUT2D eigenvalue weighted by Crippen LogP contribution is 2.39. The van der Waals surface area contributed by atoms with Gasteiger partial charge in [0, 0.05) is 0 Å². The molecule has 0 N–H and O–H groups in total. The molecule has 1 aromatic heterocycles. The summed E-state index contributed by atoms with van der Waals surface area (Å²) in [4.78, 5) is 26.5. The first kappa shape index (κ1) is 24.7. The van der Waals surface area contributed by atoms with E-state index in [9.17, 15) is 9.59 Å². The van der Waals surface area contributed by atoms with Gasteiger partial charge in [-0.2, -0.15) is 0 Å². The summed E-state index contributed by atoms with van der Waals surface area (Å²) in [5.74, 6) is 2.06. The van der Waals surface area contributed by atoms with Crippen LogP contribution in [0.5, 0.6) is 28.7 Å². The van der Waals surface area contributed by atoms with Gasteiger partial charge >= 0.3 is 5.97 Å². The maximum Gasteiger partial charge on any atom is 0.343 e. The molecule has 0 spiro atoms. The van der Waals surface area contributed by atoms with Crippen molar-refractivity contribution < 1.29 is 32.9 Å². The third-order valence-electron chi connectivity index (χ3n) is 5.85. The minimum Gasteiger partial charge on any atom is -0.497 e. The average Bonchev–Trinajstić information content (AvgIpc) is 3.10. The highest BCUT2D eigenvalue weighted by Gasteiger charge is 2.22. The summed E-state index contributed by atoms with van der Waals surface area (Å²) in [7, 11) is 5.98. The van der Waals surface area contributed by atoms with Crippen molar-refractivity contribution in [1.82, 2.24) is 0 Å². The molecule has 0 fully saturated rings. The molecule has 8 heteroatoms. The first-order valence-electron chi connectivity index (χ1n) is 11.1. The highest BCUT2D eigenvalue weighted by molar-refractivity contribution is 5.98. The van der Waals surface area contributed by atoms with Gasteiger partial charge in [0.25, 0.3) is 0 Å². The standard InChI is InChI=1S/C28H26O8/c1-15-25-21(29)11-18(17-7-9-20(31-3)10-8-17)12-22(26(25)16(2)35-15)36-28(30)19-13-23(32-4)27(34-6)24(14-19)33-5/h7-14H,1-6H3. The molecule has 0 aliphatic heterocycles. The van der Waals surface area contributed by atoms with Crippen LogP contribution in [-0.2, 0) is 0 Å². The molecule has 0 amide bonds. The fourth-order valence-corrected chi connectivity index (χ4v) is 4.13. The van der Waals surface area contributed by atoms with Gasteiger partial charge in [-0.1, -0.05) is 12.1 Å². The lowest BCUT2D eigenvalue weighted by atomic mass is 10.1. The van der Waals surface area contributed by atoms with Crippen LogP contribution < -0.4 is 29.1 Å². The number of esters is 1. The van der Waals surface area contributed by atoms with E-state index in [0.29, 0.717) is 50.9 Å². The van der Waals surface area contributed by atoms with Crippen LogP contribution in [0.4, 0.5) is 0 Å². The minimum atomic E-state index is -0.673. The van der Waals surface area contributed by atoms with Crippen molar-refractivity contribution in [3.63, 3.8) is 0 Å². The molecule has 0 unspecified atom stereocenters. The van der Waals surface area contributed by atoms with E-state index in [-0.39, 0.29) is 16.7 Å². The molecule has 8 nitrogen and oxygen atoms in total. The summed E-state index contributed by atoms with van der Waals surface area (Å²) < 4.78 is 32.9. The minimum absolute atomic E-state index is 0.176. The van der Waals surface area contributed by atoms with Crippen LogP contribution in [0.2, 0.25) is 0 Å². The Morgan fingerprint density at radius 1 is 0.694 bits per heavy atom. The fourth-order valence-electron chi connectivity index (χ4n) is 4.13. The number of carbonyl (C=O) groups excluding carboxylic acids is 1. The van der Waals surface area contributed by atoms with Crippen LogP contribution in [0, 0.1) is 13.8 Å². The maximum atomic E-state index is 13.3. The summed E-state index contributed by atoms with van der Waals surface area (Å²) >= 11 is 0. The van der Waals surface area contributed by atoms with Crippen molar-refractivity contribution in [2.45, 2.75) is 13.8 Å². The lowest BCUT2D eigenvalue weighted by Gasteiger charge is -2.14. The molecule has 1 heterocycles.